The average Bonchev–Trinajstić information content (AvgIpc) is 3.43. The van der Waals surface area contributed by atoms with E-state index in [4.69, 9.17) is 10.1 Å². The number of aromatic nitrogens is 4. The van der Waals surface area contributed by atoms with Crippen LogP contribution in [0, 0.1) is 6.07 Å². The van der Waals surface area contributed by atoms with Gasteiger partial charge in [-0.1, -0.05) is 56.9 Å². The minimum Gasteiger partial charge on any atom is -0.304 e. The van der Waals surface area contributed by atoms with E-state index in [1.807, 2.05) is 35.0 Å². The maximum atomic E-state index is 12.6. The third-order valence-corrected chi connectivity index (χ3v) is 6.26. The van der Waals surface area contributed by atoms with Crippen molar-refractivity contribution in [2.24, 2.45) is 0 Å². The summed E-state index contributed by atoms with van der Waals surface area (Å²) in [6, 6.07) is 12.7. The molecule has 4 rings (SSSR count). The van der Waals surface area contributed by atoms with Crippen LogP contribution in [-0.2, 0) is 6.54 Å². The number of amides is 1. The van der Waals surface area contributed by atoms with Gasteiger partial charge in [-0.2, -0.15) is 5.10 Å². The van der Waals surface area contributed by atoms with Crippen LogP contribution in [0.3, 0.4) is 0 Å². The summed E-state index contributed by atoms with van der Waals surface area (Å²) in [5.41, 5.74) is 3.13. The maximum Gasteiger partial charge on any atom is 0.259 e. The number of halogens is 1. The average molecular weight is 497 g/mol. The van der Waals surface area contributed by atoms with Crippen LogP contribution in [0.5, 0.6) is 0 Å². The molecule has 0 atom stereocenters. The number of nitrogens with one attached hydrogen (secondary N) is 1. The van der Waals surface area contributed by atoms with Gasteiger partial charge in [0, 0.05) is 22.0 Å². The Kier molecular flexibility index (Phi) is 7.09. The molecule has 4 aromatic rings. The quantitative estimate of drug-likeness (QED) is 0.274. The third-order valence-electron chi connectivity index (χ3n) is 5.07. The monoisotopic (exact) mass is 496 g/mol. The summed E-state index contributed by atoms with van der Waals surface area (Å²) in [6.45, 7) is 2.97. The molecule has 6 nitrogen and oxygen atoms in total. The zero-order chi connectivity index (χ0) is 21.6. The van der Waals surface area contributed by atoms with E-state index >= 15 is 0 Å². The molecule has 3 heterocycles. The Balaban J connectivity index is 1.69. The second-order valence-corrected chi connectivity index (χ2v) is 8.84. The number of rotatable bonds is 9. The number of anilines is 1. The van der Waals surface area contributed by atoms with Crippen LogP contribution >= 0.6 is 27.5 Å². The van der Waals surface area contributed by atoms with Crippen molar-refractivity contribution in [3.8, 4) is 11.3 Å². The normalized spacial score (nSPS) is 11.2. The molecule has 0 aliphatic heterocycles. The highest BCUT2D eigenvalue weighted by Crippen LogP contribution is 2.33. The fraction of sp³-hybridized carbons (Fsp3) is 0.304. The molecule has 8 heteroatoms. The summed E-state index contributed by atoms with van der Waals surface area (Å²) in [5, 5.41) is 10.2. The van der Waals surface area contributed by atoms with Crippen molar-refractivity contribution < 1.29 is 4.79 Å². The van der Waals surface area contributed by atoms with E-state index in [0.717, 1.165) is 46.1 Å². The van der Waals surface area contributed by atoms with Gasteiger partial charge in [0.15, 0.2) is 11.5 Å². The molecular formula is C23H23BrN5OS. The Labute approximate surface area is 194 Å². The Bertz CT molecular complexity index is 1160. The predicted octanol–water partition coefficient (Wildman–Crippen LogP) is 6.34. The Morgan fingerprint density at radius 3 is 2.77 bits per heavy atom. The number of carbonyl (C=O) groups excluding carboxylic acids is 1. The molecule has 1 aromatic carbocycles. The summed E-state index contributed by atoms with van der Waals surface area (Å²) in [6.07, 6.45) is 7.41. The van der Waals surface area contributed by atoms with E-state index < -0.39 is 0 Å². The van der Waals surface area contributed by atoms with E-state index in [1.54, 1.807) is 11.6 Å². The van der Waals surface area contributed by atoms with Gasteiger partial charge in [0.25, 0.3) is 5.91 Å². The molecular weight excluding hydrogens is 474 g/mol. The van der Waals surface area contributed by atoms with Crippen LogP contribution in [0.15, 0.2) is 46.4 Å². The summed E-state index contributed by atoms with van der Waals surface area (Å²) in [7, 11) is 0. The molecule has 159 valence electrons. The largest absolute Gasteiger partial charge is 0.304 e. The summed E-state index contributed by atoms with van der Waals surface area (Å²) < 4.78 is 6.77. The molecule has 0 bridgehead atoms. The number of benzene rings is 1. The smallest absolute Gasteiger partial charge is 0.259 e. The number of pyridine rings is 1. The Morgan fingerprint density at radius 2 is 2.03 bits per heavy atom. The van der Waals surface area contributed by atoms with Crippen LogP contribution in [-0.4, -0.2) is 25.0 Å². The van der Waals surface area contributed by atoms with Crippen molar-refractivity contribution in [3.05, 3.63) is 58.0 Å². The fourth-order valence-corrected chi connectivity index (χ4v) is 4.49. The predicted molar refractivity (Wildman–Crippen MR) is 128 cm³/mol. The van der Waals surface area contributed by atoms with E-state index in [2.05, 4.69) is 38.6 Å². The van der Waals surface area contributed by atoms with Crippen molar-refractivity contribution in [1.82, 2.24) is 19.1 Å². The minimum absolute atomic E-state index is 0.220. The van der Waals surface area contributed by atoms with Gasteiger partial charge in [-0.3, -0.25) is 4.79 Å². The minimum atomic E-state index is -0.220. The van der Waals surface area contributed by atoms with E-state index in [1.165, 1.54) is 30.8 Å². The third kappa shape index (κ3) is 5.02. The van der Waals surface area contributed by atoms with Gasteiger partial charge >= 0.3 is 0 Å². The van der Waals surface area contributed by atoms with Gasteiger partial charge in [-0.05, 0) is 46.0 Å². The second-order valence-electron chi connectivity index (χ2n) is 7.33. The number of unbranched alkanes of at least 4 members (excludes halogenated alkanes) is 4. The van der Waals surface area contributed by atoms with E-state index in [-0.39, 0.29) is 5.91 Å². The molecule has 1 radical (unpaired) electrons. The van der Waals surface area contributed by atoms with E-state index in [9.17, 15) is 4.79 Å². The molecule has 1 amide bonds. The summed E-state index contributed by atoms with van der Waals surface area (Å²) in [4.78, 5) is 17.5. The first-order valence-electron chi connectivity index (χ1n) is 10.4. The second kappa shape index (κ2) is 10.2. The highest BCUT2D eigenvalue weighted by molar-refractivity contribution is 9.10. The fourth-order valence-electron chi connectivity index (χ4n) is 3.43. The molecule has 0 fully saturated rings. The molecule has 0 saturated heterocycles. The number of nitrogens with zero attached hydrogens (tertiary/aromatic N) is 4. The number of carbonyl (C=O) groups is 1. The van der Waals surface area contributed by atoms with E-state index in [0.29, 0.717) is 11.4 Å². The van der Waals surface area contributed by atoms with Crippen LogP contribution in [0.25, 0.3) is 22.3 Å². The topological polar surface area (TPSA) is 72.7 Å². The van der Waals surface area contributed by atoms with Gasteiger partial charge in [0.2, 0.25) is 0 Å². The van der Waals surface area contributed by atoms with Crippen LogP contribution in [0.4, 0.5) is 5.82 Å². The van der Waals surface area contributed by atoms with Gasteiger partial charge in [0.1, 0.15) is 0 Å². The van der Waals surface area contributed by atoms with Crippen LogP contribution in [0.1, 0.15) is 49.4 Å². The summed E-state index contributed by atoms with van der Waals surface area (Å²) >= 11 is 4.90. The zero-order valence-electron chi connectivity index (χ0n) is 17.3. The molecule has 0 aliphatic carbocycles. The van der Waals surface area contributed by atoms with Gasteiger partial charge in [0.05, 0.1) is 22.8 Å². The SMILES string of the molecule is CCCCCCCn1nc(NC(=O)c2cnsc2)c2cc(Br)c(-c3cc[c]cc3)nc21. The molecule has 0 aliphatic rings. The first-order valence-corrected chi connectivity index (χ1v) is 12.0. The van der Waals surface area contributed by atoms with Gasteiger partial charge in [-0.15, -0.1) is 0 Å². The number of fused-ring (bicyclic) bond motifs is 1. The van der Waals surface area contributed by atoms with Crippen molar-refractivity contribution >= 4 is 50.2 Å². The van der Waals surface area contributed by atoms with Gasteiger partial charge in [-0.25, -0.2) is 14.0 Å². The first kappa shape index (κ1) is 21.6. The molecule has 0 saturated carbocycles. The van der Waals surface area contributed by atoms with Crippen molar-refractivity contribution in [3.63, 3.8) is 0 Å². The lowest BCUT2D eigenvalue weighted by atomic mass is 10.1. The lowest BCUT2D eigenvalue weighted by Crippen LogP contribution is -2.12. The molecule has 0 unspecified atom stereocenters. The van der Waals surface area contributed by atoms with Crippen LogP contribution < -0.4 is 5.32 Å². The standard InChI is InChI=1S/C23H23BrN5OS/c1-2-3-4-5-9-12-29-22-18(21(28-29)27-23(30)17-14-25-31-15-17)13-19(24)20(26-22)16-10-7-6-8-11-16/h7-8,10-11,13-15H,2-5,9,12H2,1H3,(H,27,28,30). The highest BCUT2D eigenvalue weighted by Gasteiger charge is 2.18. The van der Waals surface area contributed by atoms with Crippen molar-refractivity contribution in [2.45, 2.75) is 45.6 Å². The zero-order valence-corrected chi connectivity index (χ0v) is 19.7. The molecule has 0 spiro atoms. The first-order chi connectivity index (χ1) is 15.2. The molecule has 1 N–H and O–H groups in total. The Morgan fingerprint density at radius 1 is 1.23 bits per heavy atom. The number of aryl methyl sites for hydroxylation is 1. The van der Waals surface area contributed by atoms with Gasteiger partial charge < -0.3 is 5.32 Å². The van der Waals surface area contributed by atoms with Crippen molar-refractivity contribution in [1.29, 1.82) is 0 Å². The number of hydrogen-bond acceptors (Lipinski definition) is 5. The number of hydrogen-bond donors (Lipinski definition) is 1. The van der Waals surface area contributed by atoms with Crippen LogP contribution in [0.2, 0.25) is 0 Å². The molecule has 3 aromatic heterocycles. The maximum absolute atomic E-state index is 12.6. The van der Waals surface area contributed by atoms with Crippen molar-refractivity contribution in [2.75, 3.05) is 5.32 Å². The highest BCUT2D eigenvalue weighted by atomic mass is 79.9. The lowest BCUT2D eigenvalue weighted by Gasteiger charge is -2.07. The summed E-state index contributed by atoms with van der Waals surface area (Å²) in [5.74, 6) is 0.294. The lowest BCUT2D eigenvalue weighted by molar-refractivity contribution is 0.102. The Hall–Kier alpha value is -2.58. The molecule has 31 heavy (non-hydrogen) atoms.